The summed E-state index contributed by atoms with van der Waals surface area (Å²) in [5.74, 6) is -0.915. The van der Waals surface area contributed by atoms with Crippen molar-refractivity contribution >= 4 is 28.1 Å². The maximum Gasteiger partial charge on any atom is 0.432 e. The lowest BCUT2D eigenvalue weighted by molar-refractivity contribution is -0.118. The molecule has 1 rings (SSSR count). The summed E-state index contributed by atoms with van der Waals surface area (Å²) in [5.41, 5.74) is 3.82. The number of nitrogens with two attached hydrogens (primary N) is 1. The Bertz CT molecular complexity index is 446. The summed E-state index contributed by atoms with van der Waals surface area (Å²) in [6, 6.07) is 0. The second-order valence-electron chi connectivity index (χ2n) is 3.54. The van der Waals surface area contributed by atoms with Crippen LogP contribution in [0.2, 0.25) is 0 Å². The molecule has 0 saturated heterocycles. The number of alkyl halides is 3. The zero-order chi connectivity index (χ0) is 14.6. The van der Waals surface area contributed by atoms with Gasteiger partial charge in [0, 0.05) is 10.9 Å². The second kappa shape index (κ2) is 6.20. The molecule has 0 aromatic carbocycles. The van der Waals surface area contributed by atoms with E-state index in [-0.39, 0.29) is 23.1 Å². The number of carbonyl (C=O) groups excluding carboxylic acids is 2. The number of amides is 1. The van der Waals surface area contributed by atoms with E-state index in [1.807, 2.05) is 5.32 Å². The maximum absolute atomic E-state index is 12.7. The molecule has 1 atom stereocenters. The average molecular weight is 343 g/mol. The SMILES string of the molecule is NC(=O)C1=CC(Br)=C(C(F)(F)F)N[C@H]1OCCC=O. The molecular formula is C10H10BrF3N2O3. The van der Waals surface area contributed by atoms with Crippen molar-refractivity contribution in [1.82, 2.24) is 5.32 Å². The van der Waals surface area contributed by atoms with Crippen LogP contribution >= 0.6 is 15.9 Å². The minimum absolute atomic E-state index is 0.00351. The Hall–Kier alpha value is -1.35. The molecule has 0 unspecified atom stereocenters. The van der Waals surface area contributed by atoms with Crippen LogP contribution in [0, 0.1) is 0 Å². The van der Waals surface area contributed by atoms with Gasteiger partial charge < -0.3 is 20.6 Å². The fraction of sp³-hybridized carbons (Fsp3) is 0.400. The van der Waals surface area contributed by atoms with Gasteiger partial charge in [0.25, 0.3) is 0 Å². The highest BCUT2D eigenvalue weighted by Crippen LogP contribution is 2.33. The summed E-state index contributed by atoms with van der Waals surface area (Å²) >= 11 is 2.71. The van der Waals surface area contributed by atoms with Crippen LogP contribution in [0.15, 0.2) is 21.8 Å². The number of primary amides is 1. The van der Waals surface area contributed by atoms with Gasteiger partial charge in [-0.15, -0.1) is 0 Å². The minimum atomic E-state index is -4.63. The monoisotopic (exact) mass is 342 g/mol. The largest absolute Gasteiger partial charge is 0.432 e. The number of ether oxygens (including phenoxy) is 1. The Morgan fingerprint density at radius 3 is 2.68 bits per heavy atom. The zero-order valence-corrected chi connectivity index (χ0v) is 11.0. The highest BCUT2D eigenvalue weighted by molar-refractivity contribution is 9.11. The van der Waals surface area contributed by atoms with Crippen LogP contribution < -0.4 is 11.1 Å². The van der Waals surface area contributed by atoms with E-state index in [0.29, 0.717) is 6.29 Å². The smallest absolute Gasteiger partial charge is 0.366 e. The number of nitrogens with one attached hydrogen (secondary N) is 1. The summed E-state index contributed by atoms with van der Waals surface area (Å²) in [6.07, 6.45) is -4.48. The van der Waals surface area contributed by atoms with E-state index in [2.05, 4.69) is 15.9 Å². The maximum atomic E-state index is 12.7. The fourth-order valence-electron chi connectivity index (χ4n) is 1.35. The number of halogens is 4. The second-order valence-corrected chi connectivity index (χ2v) is 4.39. The first kappa shape index (κ1) is 15.7. The van der Waals surface area contributed by atoms with Crippen molar-refractivity contribution in [2.45, 2.75) is 18.8 Å². The molecule has 1 heterocycles. The van der Waals surface area contributed by atoms with E-state index in [1.165, 1.54) is 0 Å². The topological polar surface area (TPSA) is 81.4 Å². The first-order valence-corrected chi connectivity index (χ1v) is 5.86. The molecule has 0 bridgehead atoms. The zero-order valence-electron chi connectivity index (χ0n) is 9.46. The molecule has 0 spiro atoms. The number of aldehydes is 1. The van der Waals surface area contributed by atoms with Gasteiger partial charge in [0.1, 0.15) is 12.0 Å². The third kappa shape index (κ3) is 4.06. The summed E-state index contributed by atoms with van der Waals surface area (Å²) in [5, 5.41) is 2.03. The van der Waals surface area contributed by atoms with Gasteiger partial charge in [-0.2, -0.15) is 13.2 Å². The lowest BCUT2D eigenvalue weighted by Crippen LogP contribution is -2.44. The van der Waals surface area contributed by atoms with Crippen molar-refractivity contribution in [3.63, 3.8) is 0 Å². The quantitative estimate of drug-likeness (QED) is 0.579. The van der Waals surface area contributed by atoms with E-state index in [1.54, 1.807) is 0 Å². The lowest BCUT2D eigenvalue weighted by atomic mass is 10.1. The standard InChI is InChI=1S/C10H10BrF3N2O3/c11-6-4-5(8(15)18)9(19-3-1-2-17)16-7(6)10(12,13)14/h2,4,9,16H,1,3H2,(H2,15,18)/t9-/m0/s1. The summed E-state index contributed by atoms with van der Waals surface area (Å²) in [7, 11) is 0. The molecule has 0 aliphatic carbocycles. The molecule has 0 saturated carbocycles. The Morgan fingerprint density at radius 1 is 1.58 bits per heavy atom. The minimum Gasteiger partial charge on any atom is -0.366 e. The number of dihydropyridines is 1. The molecule has 0 radical (unpaired) electrons. The van der Waals surface area contributed by atoms with E-state index < -0.39 is 24.0 Å². The van der Waals surface area contributed by atoms with Gasteiger partial charge in [0.15, 0.2) is 6.23 Å². The van der Waals surface area contributed by atoms with E-state index >= 15 is 0 Å². The van der Waals surface area contributed by atoms with Crippen molar-refractivity contribution in [3.8, 4) is 0 Å². The highest BCUT2D eigenvalue weighted by atomic mass is 79.9. The molecule has 0 aromatic heterocycles. The third-order valence-corrected chi connectivity index (χ3v) is 2.79. The van der Waals surface area contributed by atoms with Gasteiger partial charge in [-0.05, 0) is 22.0 Å². The van der Waals surface area contributed by atoms with Crippen LogP contribution in [0.3, 0.4) is 0 Å². The molecule has 1 amide bonds. The van der Waals surface area contributed by atoms with Crippen molar-refractivity contribution < 1.29 is 27.5 Å². The number of hydrogen-bond acceptors (Lipinski definition) is 4. The Labute approximate surface area is 114 Å². The van der Waals surface area contributed by atoms with Crippen LogP contribution in [0.1, 0.15) is 6.42 Å². The van der Waals surface area contributed by atoms with Crippen LogP contribution in [0.5, 0.6) is 0 Å². The van der Waals surface area contributed by atoms with Crippen molar-refractivity contribution in [2.75, 3.05) is 6.61 Å². The number of allylic oxidation sites excluding steroid dienone is 3. The highest BCUT2D eigenvalue weighted by Gasteiger charge is 2.40. The Kier molecular flexibility index (Phi) is 5.12. The van der Waals surface area contributed by atoms with Gasteiger partial charge in [0.2, 0.25) is 5.91 Å². The molecule has 3 N–H and O–H groups in total. The van der Waals surface area contributed by atoms with E-state index in [4.69, 9.17) is 10.5 Å². The molecule has 106 valence electrons. The van der Waals surface area contributed by atoms with Crippen molar-refractivity contribution in [3.05, 3.63) is 21.8 Å². The van der Waals surface area contributed by atoms with Gasteiger partial charge in [0.05, 0.1) is 12.2 Å². The van der Waals surface area contributed by atoms with Crippen LogP contribution in [-0.4, -0.2) is 31.2 Å². The van der Waals surface area contributed by atoms with Crippen LogP contribution in [0.25, 0.3) is 0 Å². The van der Waals surface area contributed by atoms with Crippen molar-refractivity contribution in [2.24, 2.45) is 5.73 Å². The fourth-order valence-corrected chi connectivity index (χ4v) is 1.93. The average Bonchev–Trinajstić information content (AvgIpc) is 2.29. The van der Waals surface area contributed by atoms with Gasteiger partial charge >= 0.3 is 6.18 Å². The molecule has 0 aromatic rings. The number of carbonyl (C=O) groups is 2. The number of hydrogen-bond donors (Lipinski definition) is 2. The summed E-state index contributed by atoms with van der Waals surface area (Å²) in [4.78, 5) is 21.3. The predicted molar refractivity (Wildman–Crippen MR) is 62.8 cm³/mol. The van der Waals surface area contributed by atoms with E-state index in [0.717, 1.165) is 6.08 Å². The van der Waals surface area contributed by atoms with Crippen LogP contribution in [0.4, 0.5) is 13.2 Å². The molecule has 0 fully saturated rings. The first-order valence-electron chi connectivity index (χ1n) is 5.07. The molecule has 5 nitrogen and oxygen atoms in total. The summed E-state index contributed by atoms with van der Waals surface area (Å²) in [6.45, 7) is -0.130. The Morgan fingerprint density at radius 2 is 2.21 bits per heavy atom. The normalized spacial score (nSPS) is 19.8. The molecule has 1 aliphatic heterocycles. The van der Waals surface area contributed by atoms with Gasteiger partial charge in [-0.3, -0.25) is 4.79 Å². The molecule has 19 heavy (non-hydrogen) atoms. The van der Waals surface area contributed by atoms with Crippen molar-refractivity contribution in [1.29, 1.82) is 0 Å². The first-order chi connectivity index (χ1) is 8.77. The van der Waals surface area contributed by atoms with Gasteiger partial charge in [-0.25, -0.2) is 0 Å². The predicted octanol–water partition coefficient (Wildman–Crippen LogP) is 1.10. The summed E-state index contributed by atoms with van der Waals surface area (Å²) < 4.78 is 42.7. The lowest BCUT2D eigenvalue weighted by Gasteiger charge is -2.28. The molecule has 9 heteroatoms. The number of rotatable bonds is 5. The molecule has 1 aliphatic rings. The Balaban J connectivity index is 2.99. The van der Waals surface area contributed by atoms with E-state index in [9.17, 15) is 22.8 Å². The molecular weight excluding hydrogens is 333 g/mol. The third-order valence-electron chi connectivity index (χ3n) is 2.17. The van der Waals surface area contributed by atoms with Crippen LogP contribution in [-0.2, 0) is 14.3 Å². The van der Waals surface area contributed by atoms with Gasteiger partial charge in [-0.1, -0.05) is 0 Å².